The van der Waals surface area contributed by atoms with Crippen LogP contribution in [0.2, 0.25) is 0 Å². The minimum Gasteiger partial charge on any atom is -0.349 e. The summed E-state index contributed by atoms with van der Waals surface area (Å²) in [5.41, 5.74) is 8.20. The average Bonchev–Trinajstić information content (AvgIpc) is 3.40. The summed E-state index contributed by atoms with van der Waals surface area (Å²) in [5.74, 6) is -0.315. The van der Waals surface area contributed by atoms with Gasteiger partial charge in [0.15, 0.2) is 0 Å². The van der Waals surface area contributed by atoms with Gasteiger partial charge in [0.25, 0.3) is 5.91 Å². The number of hydrogen-bond acceptors (Lipinski definition) is 3. The Kier molecular flexibility index (Phi) is 4.91. The van der Waals surface area contributed by atoms with Crippen molar-refractivity contribution in [1.82, 2.24) is 5.32 Å². The molecule has 0 unspecified atom stereocenters. The molecule has 1 atom stereocenters. The number of nitrogens with two attached hydrogens (primary N) is 1. The number of hydrogen-bond donors (Lipinski definition) is 3. The molecule has 3 rings (SSSR count). The molecule has 0 spiro atoms. The number of carbonyl (C=O) groups excluding carboxylic acids is 2. The number of carbonyl (C=O) groups is 2. The Morgan fingerprint density at radius 3 is 2.33 bits per heavy atom. The molecule has 2 aromatic carbocycles. The van der Waals surface area contributed by atoms with Gasteiger partial charge >= 0.3 is 0 Å². The van der Waals surface area contributed by atoms with Crippen LogP contribution in [0.25, 0.3) is 0 Å². The number of benzene rings is 2. The fraction of sp³-hybridized carbons (Fsp3) is 0.263. The Morgan fingerprint density at radius 2 is 1.71 bits per heavy atom. The zero-order chi connectivity index (χ0) is 16.9. The highest BCUT2D eigenvalue weighted by Crippen LogP contribution is 2.19. The smallest absolute Gasteiger partial charge is 0.251 e. The van der Waals surface area contributed by atoms with Gasteiger partial charge in [-0.15, -0.1) is 0 Å². The van der Waals surface area contributed by atoms with Gasteiger partial charge in [0.2, 0.25) is 5.91 Å². The van der Waals surface area contributed by atoms with E-state index in [1.165, 1.54) is 0 Å². The third kappa shape index (κ3) is 4.43. The zero-order valence-electron chi connectivity index (χ0n) is 13.4. The molecule has 24 heavy (non-hydrogen) atoms. The molecule has 1 aliphatic rings. The fourth-order valence-electron chi connectivity index (χ4n) is 2.40. The lowest BCUT2D eigenvalue weighted by atomic mass is 10.1. The molecular formula is C19H21N3O2. The molecule has 0 aliphatic heterocycles. The molecule has 4 N–H and O–H groups in total. The van der Waals surface area contributed by atoms with Crippen molar-refractivity contribution in [3.63, 3.8) is 0 Å². The highest BCUT2D eigenvalue weighted by atomic mass is 16.2. The maximum atomic E-state index is 12.2. The second-order valence-electron chi connectivity index (χ2n) is 6.11. The molecule has 0 saturated heterocycles. The van der Waals surface area contributed by atoms with E-state index in [9.17, 15) is 9.59 Å². The van der Waals surface area contributed by atoms with Gasteiger partial charge in [-0.2, -0.15) is 0 Å². The summed E-state index contributed by atoms with van der Waals surface area (Å²) in [7, 11) is 0. The van der Waals surface area contributed by atoms with Crippen LogP contribution in [0.1, 0.15) is 28.8 Å². The van der Waals surface area contributed by atoms with Crippen molar-refractivity contribution in [2.75, 3.05) is 5.32 Å². The highest BCUT2D eigenvalue weighted by molar-refractivity contribution is 5.97. The average molecular weight is 323 g/mol. The molecule has 1 fully saturated rings. The van der Waals surface area contributed by atoms with Gasteiger partial charge in [-0.05, 0) is 49.1 Å². The first kappa shape index (κ1) is 16.2. The maximum Gasteiger partial charge on any atom is 0.251 e. The third-order valence-electron chi connectivity index (χ3n) is 3.96. The quantitative estimate of drug-likeness (QED) is 0.761. The van der Waals surface area contributed by atoms with Gasteiger partial charge in [-0.3, -0.25) is 9.59 Å². The zero-order valence-corrected chi connectivity index (χ0v) is 13.4. The van der Waals surface area contributed by atoms with Crippen molar-refractivity contribution in [1.29, 1.82) is 0 Å². The number of amides is 2. The molecule has 5 heteroatoms. The summed E-state index contributed by atoms with van der Waals surface area (Å²) >= 11 is 0. The summed E-state index contributed by atoms with van der Waals surface area (Å²) in [4.78, 5) is 24.1. The van der Waals surface area contributed by atoms with Crippen molar-refractivity contribution in [3.8, 4) is 0 Å². The van der Waals surface area contributed by atoms with Crippen LogP contribution in [0.3, 0.4) is 0 Å². The van der Waals surface area contributed by atoms with Crippen molar-refractivity contribution in [2.24, 2.45) is 5.73 Å². The Bertz CT molecular complexity index is 709. The topological polar surface area (TPSA) is 84.2 Å². The van der Waals surface area contributed by atoms with Crippen LogP contribution in [0.5, 0.6) is 0 Å². The molecule has 0 bridgehead atoms. The Hall–Kier alpha value is -2.66. The van der Waals surface area contributed by atoms with E-state index in [0.717, 1.165) is 18.4 Å². The Labute approximate surface area is 141 Å². The second-order valence-corrected chi connectivity index (χ2v) is 6.11. The lowest BCUT2D eigenvalue weighted by Crippen LogP contribution is -2.37. The molecule has 0 heterocycles. The summed E-state index contributed by atoms with van der Waals surface area (Å²) in [6.45, 7) is 0. The molecule has 1 saturated carbocycles. The van der Waals surface area contributed by atoms with E-state index in [4.69, 9.17) is 5.73 Å². The minimum atomic E-state index is -0.620. The molecule has 0 aromatic heterocycles. The third-order valence-corrected chi connectivity index (χ3v) is 3.96. The van der Waals surface area contributed by atoms with Crippen molar-refractivity contribution in [2.45, 2.75) is 31.3 Å². The first-order valence-electron chi connectivity index (χ1n) is 8.13. The molecule has 1 aliphatic carbocycles. The number of anilines is 1. The van der Waals surface area contributed by atoms with E-state index in [-0.39, 0.29) is 11.8 Å². The van der Waals surface area contributed by atoms with E-state index in [1.807, 2.05) is 30.3 Å². The monoisotopic (exact) mass is 323 g/mol. The predicted molar refractivity (Wildman–Crippen MR) is 93.7 cm³/mol. The van der Waals surface area contributed by atoms with Crippen LogP contribution < -0.4 is 16.4 Å². The van der Waals surface area contributed by atoms with Crippen molar-refractivity contribution in [3.05, 3.63) is 65.7 Å². The SMILES string of the molecule is N[C@@H](Cc1ccccc1)C(=O)Nc1ccc(C(=O)NC2CC2)cc1. The molecule has 2 amide bonds. The van der Waals surface area contributed by atoms with Gasteiger partial charge in [-0.1, -0.05) is 30.3 Å². The van der Waals surface area contributed by atoms with Gasteiger partial charge in [0, 0.05) is 17.3 Å². The lowest BCUT2D eigenvalue weighted by Gasteiger charge is -2.13. The molecule has 5 nitrogen and oxygen atoms in total. The van der Waals surface area contributed by atoms with E-state index < -0.39 is 6.04 Å². The van der Waals surface area contributed by atoms with E-state index in [1.54, 1.807) is 24.3 Å². The van der Waals surface area contributed by atoms with Crippen molar-refractivity contribution < 1.29 is 9.59 Å². The van der Waals surface area contributed by atoms with Gasteiger partial charge in [0.1, 0.15) is 0 Å². The number of nitrogens with one attached hydrogen (secondary N) is 2. The molecule has 124 valence electrons. The predicted octanol–water partition coefficient (Wildman–Crippen LogP) is 2.09. The minimum absolute atomic E-state index is 0.0730. The van der Waals surface area contributed by atoms with Gasteiger partial charge in [0.05, 0.1) is 6.04 Å². The summed E-state index contributed by atoms with van der Waals surface area (Å²) in [6.07, 6.45) is 2.59. The van der Waals surface area contributed by atoms with Crippen LogP contribution >= 0.6 is 0 Å². The Balaban J connectivity index is 1.54. The standard InChI is InChI=1S/C19H21N3O2/c20-17(12-13-4-2-1-3-5-13)19(24)22-15-8-6-14(7-9-15)18(23)21-16-10-11-16/h1-9,16-17H,10-12,20H2,(H,21,23)(H,22,24)/t17-/m0/s1. The highest BCUT2D eigenvalue weighted by Gasteiger charge is 2.23. The Morgan fingerprint density at radius 1 is 1.04 bits per heavy atom. The van der Waals surface area contributed by atoms with Crippen LogP contribution in [0.4, 0.5) is 5.69 Å². The lowest BCUT2D eigenvalue weighted by molar-refractivity contribution is -0.117. The summed E-state index contributed by atoms with van der Waals surface area (Å²) in [6, 6.07) is 16.2. The van der Waals surface area contributed by atoms with Crippen molar-refractivity contribution >= 4 is 17.5 Å². The van der Waals surface area contributed by atoms with E-state index in [2.05, 4.69) is 10.6 Å². The molecular weight excluding hydrogens is 302 g/mol. The van der Waals surface area contributed by atoms with Crippen LogP contribution in [-0.2, 0) is 11.2 Å². The summed E-state index contributed by atoms with van der Waals surface area (Å²) in [5, 5.41) is 5.72. The fourth-order valence-corrected chi connectivity index (χ4v) is 2.40. The van der Waals surface area contributed by atoms with Crippen LogP contribution in [-0.4, -0.2) is 23.9 Å². The van der Waals surface area contributed by atoms with E-state index >= 15 is 0 Å². The van der Waals surface area contributed by atoms with Crippen LogP contribution in [0.15, 0.2) is 54.6 Å². The van der Waals surface area contributed by atoms with Crippen LogP contribution in [0, 0.1) is 0 Å². The maximum absolute atomic E-state index is 12.2. The largest absolute Gasteiger partial charge is 0.349 e. The molecule has 0 radical (unpaired) electrons. The normalized spacial score (nSPS) is 14.7. The first-order valence-corrected chi connectivity index (χ1v) is 8.13. The van der Waals surface area contributed by atoms with Gasteiger partial charge < -0.3 is 16.4 Å². The van der Waals surface area contributed by atoms with E-state index in [0.29, 0.717) is 23.7 Å². The first-order chi connectivity index (χ1) is 11.6. The van der Waals surface area contributed by atoms with Gasteiger partial charge in [-0.25, -0.2) is 0 Å². The number of rotatable bonds is 6. The summed E-state index contributed by atoms with van der Waals surface area (Å²) < 4.78 is 0. The second kappa shape index (κ2) is 7.27. The molecule has 2 aromatic rings.